The van der Waals surface area contributed by atoms with Crippen LogP contribution in [-0.2, 0) is 6.42 Å². The summed E-state index contributed by atoms with van der Waals surface area (Å²) in [5, 5.41) is 0. The van der Waals surface area contributed by atoms with E-state index in [0.717, 1.165) is 5.56 Å². The van der Waals surface area contributed by atoms with Gasteiger partial charge in [-0.2, -0.15) is 0 Å². The van der Waals surface area contributed by atoms with Gasteiger partial charge in [-0.3, -0.25) is 9.20 Å². The van der Waals surface area contributed by atoms with Gasteiger partial charge in [0.1, 0.15) is 5.65 Å². The van der Waals surface area contributed by atoms with Crippen LogP contribution in [-0.4, -0.2) is 15.9 Å². The van der Waals surface area contributed by atoms with Gasteiger partial charge < -0.3 is 5.73 Å². The molecule has 0 spiro atoms. The van der Waals surface area contributed by atoms with Crippen molar-refractivity contribution in [1.29, 1.82) is 0 Å². The number of aromatic nitrogens is 2. The van der Waals surface area contributed by atoms with Crippen LogP contribution in [0.2, 0.25) is 0 Å². The van der Waals surface area contributed by atoms with Gasteiger partial charge in [0, 0.05) is 18.0 Å². The van der Waals surface area contributed by atoms with Crippen LogP contribution >= 0.6 is 0 Å². The second-order valence-electron chi connectivity index (χ2n) is 3.56. The summed E-state index contributed by atoms with van der Waals surface area (Å²) < 4.78 is 1.55. The van der Waals surface area contributed by atoms with Crippen molar-refractivity contribution in [3.05, 3.63) is 46.0 Å². The SMILES string of the molecule is Cc1ccn2c(=O)c(CCN)cnc2c1. The third-order valence-corrected chi connectivity index (χ3v) is 2.35. The Kier molecular flexibility index (Phi) is 2.51. The zero-order valence-corrected chi connectivity index (χ0v) is 8.60. The maximum absolute atomic E-state index is 11.9. The van der Waals surface area contributed by atoms with E-state index in [9.17, 15) is 4.79 Å². The summed E-state index contributed by atoms with van der Waals surface area (Å²) in [5.41, 5.74) is 7.84. The lowest BCUT2D eigenvalue weighted by atomic mass is 10.2. The van der Waals surface area contributed by atoms with Crippen LogP contribution in [0.4, 0.5) is 0 Å². The van der Waals surface area contributed by atoms with Gasteiger partial charge in [-0.05, 0) is 37.6 Å². The van der Waals surface area contributed by atoms with E-state index in [1.165, 1.54) is 0 Å². The highest BCUT2D eigenvalue weighted by Crippen LogP contribution is 2.02. The predicted molar refractivity (Wildman–Crippen MR) is 59.0 cm³/mol. The quantitative estimate of drug-likeness (QED) is 0.773. The Labute approximate surface area is 87.4 Å². The van der Waals surface area contributed by atoms with Gasteiger partial charge >= 0.3 is 0 Å². The molecule has 4 nitrogen and oxygen atoms in total. The van der Waals surface area contributed by atoms with E-state index in [0.29, 0.717) is 24.2 Å². The van der Waals surface area contributed by atoms with Gasteiger partial charge in [-0.1, -0.05) is 0 Å². The van der Waals surface area contributed by atoms with Crippen LogP contribution in [0.1, 0.15) is 11.1 Å². The van der Waals surface area contributed by atoms with Crippen molar-refractivity contribution in [2.75, 3.05) is 6.54 Å². The molecule has 0 fully saturated rings. The average Bonchev–Trinajstić information content (AvgIpc) is 2.22. The van der Waals surface area contributed by atoms with Crippen LogP contribution in [0, 0.1) is 6.92 Å². The molecule has 2 rings (SSSR count). The summed E-state index contributed by atoms with van der Waals surface area (Å²) in [5.74, 6) is 0. The smallest absolute Gasteiger partial charge is 0.261 e. The molecular formula is C11H13N3O. The Balaban J connectivity index is 2.69. The molecule has 0 radical (unpaired) electrons. The fourth-order valence-electron chi connectivity index (χ4n) is 1.54. The summed E-state index contributed by atoms with van der Waals surface area (Å²) in [6, 6.07) is 3.77. The van der Waals surface area contributed by atoms with Gasteiger partial charge in [0.15, 0.2) is 0 Å². The summed E-state index contributed by atoms with van der Waals surface area (Å²) in [7, 11) is 0. The Morgan fingerprint density at radius 3 is 3.07 bits per heavy atom. The van der Waals surface area contributed by atoms with Crippen LogP contribution in [0.15, 0.2) is 29.3 Å². The Morgan fingerprint density at radius 1 is 1.53 bits per heavy atom. The normalized spacial score (nSPS) is 10.8. The van der Waals surface area contributed by atoms with Crippen molar-refractivity contribution >= 4 is 5.65 Å². The summed E-state index contributed by atoms with van der Waals surface area (Å²) in [6.45, 7) is 2.44. The summed E-state index contributed by atoms with van der Waals surface area (Å²) in [4.78, 5) is 16.1. The fraction of sp³-hybridized carbons (Fsp3) is 0.273. The van der Waals surface area contributed by atoms with Crippen LogP contribution in [0.5, 0.6) is 0 Å². The van der Waals surface area contributed by atoms with Gasteiger partial charge in [0.2, 0.25) is 0 Å². The first-order valence-corrected chi connectivity index (χ1v) is 4.89. The van der Waals surface area contributed by atoms with E-state index in [1.54, 1.807) is 16.8 Å². The predicted octanol–water partition coefficient (Wildman–Crippen LogP) is 0.504. The van der Waals surface area contributed by atoms with Gasteiger partial charge in [-0.25, -0.2) is 4.98 Å². The first-order valence-electron chi connectivity index (χ1n) is 4.89. The fourth-order valence-corrected chi connectivity index (χ4v) is 1.54. The lowest BCUT2D eigenvalue weighted by Gasteiger charge is -2.03. The van der Waals surface area contributed by atoms with Crippen molar-refractivity contribution < 1.29 is 0 Å². The molecule has 0 amide bonds. The minimum atomic E-state index is -0.0227. The first kappa shape index (κ1) is 9.86. The van der Waals surface area contributed by atoms with Crippen molar-refractivity contribution in [3.63, 3.8) is 0 Å². The number of hydrogen-bond donors (Lipinski definition) is 1. The molecule has 0 aromatic carbocycles. The summed E-state index contributed by atoms with van der Waals surface area (Å²) in [6.07, 6.45) is 3.94. The molecule has 0 unspecified atom stereocenters. The maximum atomic E-state index is 11.9. The third-order valence-electron chi connectivity index (χ3n) is 2.35. The number of hydrogen-bond acceptors (Lipinski definition) is 3. The van der Waals surface area contributed by atoms with E-state index >= 15 is 0 Å². The van der Waals surface area contributed by atoms with Crippen LogP contribution in [0.3, 0.4) is 0 Å². The first-order chi connectivity index (χ1) is 7.22. The van der Waals surface area contributed by atoms with E-state index in [2.05, 4.69) is 4.98 Å². The van der Waals surface area contributed by atoms with Crippen molar-refractivity contribution in [3.8, 4) is 0 Å². The van der Waals surface area contributed by atoms with E-state index in [4.69, 9.17) is 5.73 Å². The molecule has 0 bridgehead atoms. The molecule has 0 aliphatic rings. The Morgan fingerprint density at radius 2 is 2.33 bits per heavy atom. The topological polar surface area (TPSA) is 60.4 Å². The lowest BCUT2D eigenvalue weighted by Crippen LogP contribution is -2.21. The lowest BCUT2D eigenvalue weighted by molar-refractivity contribution is 0.905. The number of aryl methyl sites for hydroxylation is 1. The molecule has 15 heavy (non-hydrogen) atoms. The summed E-state index contributed by atoms with van der Waals surface area (Å²) >= 11 is 0. The standard InChI is InChI=1S/C11H13N3O/c1-8-3-5-14-10(6-8)13-7-9(2-4-12)11(14)15/h3,5-7H,2,4,12H2,1H3. The molecule has 2 aromatic rings. The van der Waals surface area contributed by atoms with E-state index in [-0.39, 0.29) is 5.56 Å². The third kappa shape index (κ3) is 1.76. The zero-order valence-electron chi connectivity index (χ0n) is 8.60. The molecule has 0 saturated carbocycles. The number of pyridine rings is 1. The van der Waals surface area contributed by atoms with Crippen LogP contribution in [0.25, 0.3) is 5.65 Å². The molecule has 2 heterocycles. The minimum Gasteiger partial charge on any atom is -0.330 e. The minimum absolute atomic E-state index is 0.0227. The highest BCUT2D eigenvalue weighted by Gasteiger charge is 2.03. The average molecular weight is 203 g/mol. The monoisotopic (exact) mass is 203 g/mol. The van der Waals surface area contributed by atoms with Gasteiger partial charge in [0.25, 0.3) is 5.56 Å². The molecule has 2 aromatic heterocycles. The van der Waals surface area contributed by atoms with E-state index in [1.807, 2.05) is 19.1 Å². The molecule has 2 N–H and O–H groups in total. The van der Waals surface area contributed by atoms with Gasteiger partial charge in [0.05, 0.1) is 0 Å². The van der Waals surface area contributed by atoms with Crippen molar-refractivity contribution in [2.45, 2.75) is 13.3 Å². The molecule has 0 aliphatic carbocycles. The highest BCUT2D eigenvalue weighted by atomic mass is 16.1. The number of nitrogens with zero attached hydrogens (tertiary/aromatic N) is 2. The molecule has 0 aliphatic heterocycles. The molecule has 0 atom stereocenters. The van der Waals surface area contributed by atoms with Gasteiger partial charge in [-0.15, -0.1) is 0 Å². The Hall–Kier alpha value is -1.68. The molecule has 4 heteroatoms. The maximum Gasteiger partial charge on any atom is 0.261 e. The number of rotatable bonds is 2. The second kappa shape index (κ2) is 3.82. The Bertz CT molecular complexity index is 545. The molecular weight excluding hydrogens is 190 g/mol. The number of nitrogens with two attached hydrogens (primary N) is 1. The van der Waals surface area contributed by atoms with Crippen molar-refractivity contribution in [2.24, 2.45) is 5.73 Å². The number of fused-ring (bicyclic) bond motifs is 1. The van der Waals surface area contributed by atoms with Crippen LogP contribution < -0.4 is 11.3 Å². The second-order valence-corrected chi connectivity index (χ2v) is 3.56. The molecule has 78 valence electrons. The van der Waals surface area contributed by atoms with E-state index < -0.39 is 0 Å². The highest BCUT2D eigenvalue weighted by molar-refractivity contribution is 5.41. The zero-order chi connectivity index (χ0) is 10.8. The van der Waals surface area contributed by atoms with Crippen molar-refractivity contribution in [1.82, 2.24) is 9.38 Å². The molecule has 0 saturated heterocycles. The largest absolute Gasteiger partial charge is 0.330 e.